The number of aromatic nitrogens is 2. The predicted molar refractivity (Wildman–Crippen MR) is 69.5 cm³/mol. The smallest absolute Gasteiger partial charge is 0.279 e. The molecule has 2 aromatic rings. The molecule has 0 saturated carbocycles. The van der Waals surface area contributed by atoms with Crippen molar-refractivity contribution in [2.75, 3.05) is 7.05 Å². The summed E-state index contributed by atoms with van der Waals surface area (Å²) >= 11 is 1.36. The first-order valence-corrected chi connectivity index (χ1v) is 6.16. The monoisotopic (exact) mass is 264 g/mol. The average Bonchev–Trinajstić information content (AvgIpc) is 2.77. The third-order valence-electron chi connectivity index (χ3n) is 2.37. The van der Waals surface area contributed by atoms with Gasteiger partial charge in [0.25, 0.3) is 5.69 Å². The van der Waals surface area contributed by atoms with Crippen molar-refractivity contribution in [3.05, 3.63) is 38.9 Å². The zero-order valence-electron chi connectivity index (χ0n) is 10.0. The Balaban J connectivity index is 2.47. The molecule has 0 saturated heterocycles. The summed E-state index contributed by atoms with van der Waals surface area (Å²) in [6, 6.07) is 4.99. The van der Waals surface area contributed by atoms with Crippen molar-refractivity contribution in [3.8, 4) is 10.6 Å². The van der Waals surface area contributed by atoms with E-state index in [4.69, 9.17) is 0 Å². The van der Waals surface area contributed by atoms with Crippen LogP contribution in [0.5, 0.6) is 0 Å². The van der Waals surface area contributed by atoms with Gasteiger partial charge in [-0.3, -0.25) is 10.1 Å². The van der Waals surface area contributed by atoms with Crippen LogP contribution in [0.1, 0.15) is 10.6 Å². The van der Waals surface area contributed by atoms with Gasteiger partial charge in [0.05, 0.1) is 10.5 Å². The largest absolute Gasteiger partial charge is 0.313 e. The molecule has 0 aliphatic carbocycles. The predicted octanol–water partition coefficient (Wildman–Crippen LogP) is 2.14. The molecule has 18 heavy (non-hydrogen) atoms. The maximum atomic E-state index is 11.0. The van der Waals surface area contributed by atoms with Crippen LogP contribution in [-0.4, -0.2) is 22.2 Å². The molecule has 2 rings (SSSR count). The first-order chi connectivity index (χ1) is 8.61. The minimum atomic E-state index is -0.395. The Hall–Kier alpha value is -1.86. The molecule has 1 N–H and O–H groups in total. The third kappa shape index (κ3) is 2.52. The molecule has 0 aliphatic rings. The molecule has 7 heteroatoms. The Labute approximate surface area is 108 Å². The van der Waals surface area contributed by atoms with Gasteiger partial charge in [-0.2, -0.15) is 0 Å². The van der Waals surface area contributed by atoms with Crippen molar-refractivity contribution in [3.63, 3.8) is 0 Å². The number of benzene rings is 1. The topological polar surface area (TPSA) is 81.0 Å². The fraction of sp³-hybridized carbons (Fsp3) is 0.273. The van der Waals surface area contributed by atoms with Gasteiger partial charge in [-0.25, -0.2) is 0 Å². The van der Waals surface area contributed by atoms with Crippen LogP contribution in [0.25, 0.3) is 10.6 Å². The molecule has 0 aliphatic heterocycles. The van der Waals surface area contributed by atoms with E-state index in [-0.39, 0.29) is 5.69 Å². The highest BCUT2D eigenvalue weighted by molar-refractivity contribution is 7.14. The van der Waals surface area contributed by atoms with Crippen LogP contribution in [0.15, 0.2) is 18.2 Å². The SMILES string of the molecule is CNCc1nnc(-c2cc(C)ccc2[N+](=O)[O-])s1. The van der Waals surface area contributed by atoms with E-state index in [0.29, 0.717) is 17.1 Å². The summed E-state index contributed by atoms with van der Waals surface area (Å²) in [4.78, 5) is 10.6. The van der Waals surface area contributed by atoms with Gasteiger partial charge in [0.1, 0.15) is 5.01 Å². The van der Waals surface area contributed by atoms with E-state index in [1.54, 1.807) is 12.1 Å². The molecule has 94 valence electrons. The normalized spacial score (nSPS) is 10.6. The number of hydrogen-bond acceptors (Lipinski definition) is 6. The molecule has 0 spiro atoms. The fourth-order valence-corrected chi connectivity index (χ4v) is 2.44. The van der Waals surface area contributed by atoms with Crippen LogP contribution in [0.4, 0.5) is 5.69 Å². The molecule has 1 aromatic carbocycles. The number of aryl methyl sites for hydroxylation is 1. The van der Waals surface area contributed by atoms with Gasteiger partial charge in [-0.1, -0.05) is 17.4 Å². The first kappa shape index (κ1) is 12.6. The molecule has 0 radical (unpaired) electrons. The summed E-state index contributed by atoms with van der Waals surface area (Å²) in [5.74, 6) is 0. The highest BCUT2D eigenvalue weighted by atomic mass is 32.1. The summed E-state index contributed by atoms with van der Waals surface area (Å²) in [5.41, 5.74) is 1.55. The summed E-state index contributed by atoms with van der Waals surface area (Å²) in [6.45, 7) is 2.50. The van der Waals surface area contributed by atoms with E-state index in [1.165, 1.54) is 17.4 Å². The molecule has 0 bridgehead atoms. The van der Waals surface area contributed by atoms with E-state index in [1.807, 2.05) is 14.0 Å². The summed E-state index contributed by atoms with van der Waals surface area (Å²) in [7, 11) is 1.82. The molecule has 6 nitrogen and oxygen atoms in total. The van der Waals surface area contributed by atoms with Crippen molar-refractivity contribution < 1.29 is 4.92 Å². The molecule has 0 atom stereocenters. The minimum Gasteiger partial charge on any atom is -0.313 e. The standard InChI is InChI=1S/C11H12N4O2S/c1-7-3-4-9(15(16)17)8(5-7)11-14-13-10(18-11)6-12-2/h3-5,12H,6H2,1-2H3. The zero-order valence-corrected chi connectivity index (χ0v) is 10.8. The van der Waals surface area contributed by atoms with Gasteiger partial charge in [0, 0.05) is 12.6 Å². The highest BCUT2D eigenvalue weighted by Gasteiger charge is 2.18. The van der Waals surface area contributed by atoms with Gasteiger partial charge in [-0.05, 0) is 25.6 Å². The van der Waals surface area contributed by atoms with Gasteiger partial charge in [0.15, 0.2) is 5.01 Å². The average molecular weight is 264 g/mol. The number of hydrogen-bond donors (Lipinski definition) is 1. The summed E-state index contributed by atoms with van der Waals surface area (Å²) < 4.78 is 0. The number of nitro benzene ring substituents is 1. The van der Waals surface area contributed by atoms with E-state index in [0.717, 1.165) is 10.6 Å². The van der Waals surface area contributed by atoms with Crippen molar-refractivity contribution in [2.45, 2.75) is 13.5 Å². The van der Waals surface area contributed by atoms with Gasteiger partial charge < -0.3 is 5.32 Å². The number of nitro groups is 1. The number of rotatable bonds is 4. The van der Waals surface area contributed by atoms with Crippen molar-refractivity contribution in [2.24, 2.45) is 0 Å². The van der Waals surface area contributed by atoms with Crippen molar-refractivity contribution >= 4 is 17.0 Å². The lowest BCUT2D eigenvalue weighted by atomic mass is 10.1. The van der Waals surface area contributed by atoms with Crippen LogP contribution in [0.3, 0.4) is 0 Å². The van der Waals surface area contributed by atoms with Crippen molar-refractivity contribution in [1.82, 2.24) is 15.5 Å². The van der Waals surface area contributed by atoms with E-state index >= 15 is 0 Å². The maximum absolute atomic E-state index is 11.0. The third-order valence-corrected chi connectivity index (χ3v) is 3.33. The number of nitrogens with zero attached hydrogens (tertiary/aromatic N) is 3. The lowest BCUT2D eigenvalue weighted by Crippen LogP contribution is -2.04. The molecule has 1 heterocycles. The van der Waals surface area contributed by atoms with Crippen LogP contribution in [-0.2, 0) is 6.54 Å². The Bertz CT molecular complexity index is 582. The molecular weight excluding hydrogens is 252 g/mol. The Morgan fingerprint density at radius 3 is 2.89 bits per heavy atom. The molecule has 1 aromatic heterocycles. The Kier molecular flexibility index (Phi) is 3.63. The highest BCUT2D eigenvalue weighted by Crippen LogP contribution is 2.32. The van der Waals surface area contributed by atoms with Crippen LogP contribution in [0.2, 0.25) is 0 Å². The second-order valence-electron chi connectivity index (χ2n) is 3.81. The number of nitrogens with one attached hydrogen (secondary N) is 1. The maximum Gasteiger partial charge on any atom is 0.279 e. The van der Waals surface area contributed by atoms with Crippen LogP contribution in [0, 0.1) is 17.0 Å². The van der Waals surface area contributed by atoms with Gasteiger partial charge in [-0.15, -0.1) is 10.2 Å². The lowest BCUT2D eigenvalue weighted by molar-refractivity contribution is -0.384. The fourth-order valence-electron chi connectivity index (χ4n) is 1.57. The minimum absolute atomic E-state index is 0.0627. The van der Waals surface area contributed by atoms with Gasteiger partial charge >= 0.3 is 0 Å². The molecule has 0 amide bonds. The van der Waals surface area contributed by atoms with E-state index < -0.39 is 4.92 Å². The second-order valence-corrected chi connectivity index (χ2v) is 4.87. The van der Waals surface area contributed by atoms with Crippen LogP contribution >= 0.6 is 11.3 Å². The Morgan fingerprint density at radius 1 is 1.44 bits per heavy atom. The first-order valence-electron chi connectivity index (χ1n) is 5.34. The van der Waals surface area contributed by atoms with E-state index in [9.17, 15) is 10.1 Å². The van der Waals surface area contributed by atoms with E-state index in [2.05, 4.69) is 15.5 Å². The second kappa shape index (κ2) is 5.19. The zero-order chi connectivity index (χ0) is 13.1. The molecule has 0 fully saturated rings. The quantitative estimate of drug-likeness (QED) is 0.676. The van der Waals surface area contributed by atoms with Crippen LogP contribution < -0.4 is 5.32 Å². The summed E-state index contributed by atoms with van der Waals surface area (Å²) in [5, 5.41) is 23.4. The molecular formula is C11H12N4O2S. The summed E-state index contributed by atoms with van der Waals surface area (Å²) in [6.07, 6.45) is 0. The van der Waals surface area contributed by atoms with Gasteiger partial charge in [0.2, 0.25) is 0 Å². The Morgan fingerprint density at radius 2 is 2.22 bits per heavy atom. The lowest BCUT2D eigenvalue weighted by Gasteiger charge is -2.00. The van der Waals surface area contributed by atoms with Crippen molar-refractivity contribution in [1.29, 1.82) is 0 Å². The molecule has 0 unspecified atom stereocenters.